The van der Waals surface area contributed by atoms with Crippen LogP contribution >= 0.6 is 11.3 Å². The number of rotatable bonds is 6. The lowest BCUT2D eigenvalue weighted by Crippen LogP contribution is -2.49. The number of morpholine rings is 1. The number of piperazine rings is 1. The van der Waals surface area contributed by atoms with E-state index in [1.54, 1.807) is 19.2 Å². The lowest BCUT2D eigenvalue weighted by Gasteiger charge is -2.36. The lowest BCUT2D eigenvalue weighted by atomic mass is 10.2. The number of methoxy groups -OCH3 is 1. The van der Waals surface area contributed by atoms with Gasteiger partial charge in [0.15, 0.2) is 0 Å². The number of carbonyl (C=O) groups excluding carboxylic acids is 1. The van der Waals surface area contributed by atoms with Gasteiger partial charge < -0.3 is 19.3 Å². The number of anilines is 1. The van der Waals surface area contributed by atoms with Gasteiger partial charge in [0.25, 0.3) is 10.0 Å². The van der Waals surface area contributed by atoms with E-state index in [0.29, 0.717) is 43.6 Å². The summed E-state index contributed by atoms with van der Waals surface area (Å²) < 4.78 is 37.8. The van der Waals surface area contributed by atoms with Gasteiger partial charge in [-0.3, -0.25) is 4.79 Å². The average Bonchev–Trinajstić information content (AvgIpc) is 3.29. The van der Waals surface area contributed by atoms with Crippen LogP contribution in [0.3, 0.4) is 0 Å². The largest absolute Gasteiger partial charge is 0.497 e. The second-order valence-corrected chi connectivity index (χ2v) is 10.8. The molecule has 2 fully saturated rings. The van der Waals surface area contributed by atoms with Crippen molar-refractivity contribution in [2.24, 2.45) is 0 Å². The minimum atomic E-state index is -3.52. The smallest absolute Gasteiger partial charge is 0.252 e. The number of ether oxygens (including phenoxy) is 2. The molecule has 8 nitrogen and oxygen atoms in total. The first kappa shape index (κ1) is 22.1. The Hall–Kier alpha value is -2.14. The molecule has 3 heterocycles. The van der Waals surface area contributed by atoms with Crippen LogP contribution in [0.5, 0.6) is 5.75 Å². The fourth-order valence-electron chi connectivity index (χ4n) is 3.79. The zero-order valence-corrected chi connectivity index (χ0v) is 19.2. The molecule has 4 rings (SSSR count). The summed E-state index contributed by atoms with van der Waals surface area (Å²) in [6, 6.07) is 11.3. The summed E-state index contributed by atoms with van der Waals surface area (Å²) in [5.74, 6) is 0.846. The number of amides is 1. The maximum Gasteiger partial charge on any atom is 0.252 e. The molecule has 1 amide bonds. The topological polar surface area (TPSA) is 79.4 Å². The molecular weight excluding hydrogens is 438 g/mol. The molecule has 31 heavy (non-hydrogen) atoms. The molecule has 2 aliphatic rings. The number of hydrogen-bond donors (Lipinski definition) is 0. The van der Waals surface area contributed by atoms with Gasteiger partial charge in [-0.05, 0) is 24.3 Å². The Labute approximate surface area is 187 Å². The Morgan fingerprint density at radius 3 is 2.52 bits per heavy atom. The standard InChI is InChI=1S/C21H27N3O5S2/c1-28-18-4-2-3-17(15-18)22-7-9-23(10-8-22)20(25)16-19-5-6-21(30-19)31(26,27)24-11-13-29-14-12-24/h2-6,15H,7-14,16H2,1H3. The quantitative estimate of drug-likeness (QED) is 0.646. The van der Waals surface area contributed by atoms with E-state index in [1.807, 2.05) is 29.2 Å². The predicted molar refractivity (Wildman–Crippen MR) is 119 cm³/mol. The van der Waals surface area contributed by atoms with E-state index in [4.69, 9.17) is 9.47 Å². The monoisotopic (exact) mass is 465 g/mol. The van der Waals surface area contributed by atoms with E-state index >= 15 is 0 Å². The Morgan fingerprint density at radius 2 is 1.81 bits per heavy atom. The van der Waals surface area contributed by atoms with Crippen molar-refractivity contribution in [3.05, 3.63) is 41.3 Å². The van der Waals surface area contributed by atoms with Crippen LogP contribution in [0.15, 0.2) is 40.6 Å². The lowest BCUT2D eigenvalue weighted by molar-refractivity contribution is -0.130. The molecule has 10 heteroatoms. The molecule has 2 aliphatic heterocycles. The highest BCUT2D eigenvalue weighted by molar-refractivity contribution is 7.91. The summed E-state index contributed by atoms with van der Waals surface area (Å²) >= 11 is 1.19. The van der Waals surface area contributed by atoms with Crippen molar-refractivity contribution in [1.29, 1.82) is 0 Å². The third kappa shape index (κ3) is 5.03. The van der Waals surface area contributed by atoms with Gasteiger partial charge >= 0.3 is 0 Å². The summed E-state index contributed by atoms with van der Waals surface area (Å²) in [4.78, 5) is 17.7. The molecule has 1 aromatic heterocycles. The van der Waals surface area contributed by atoms with E-state index in [2.05, 4.69) is 4.90 Å². The molecule has 0 saturated carbocycles. The maximum atomic E-state index is 12.8. The van der Waals surface area contributed by atoms with Crippen molar-refractivity contribution in [2.75, 3.05) is 64.5 Å². The SMILES string of the molecule is COc1cccc(N2CCN(C(=O)Cc3ccc(S(=O)(=O)N4CCOCC4)s3)CC2)c1. The van der Waals surface area contributed by atoms with Crippen LogP contribution in [0.4, 0.5) is 5.69 Å². The van der Waals surface area contributed by atoms with Crippen molar-refractivity contribution >= 4 is 33.0 Å². The van der Waals surface area contributed by atoms with Gasteiger partial charge in [-0.1, -0.05) is 6.07 Å². The van der Waals surface area contributed by atoms with Crippen molar-refractivity contribution in [3.63, 3.8) is 0 Å². The van der Waals surface area contributed by atoms with Crippen LogP contribution in [-0.2, 0) is 26.0 Å². The number of nitrogens with zero attached hydrogens (tertiary/aromatic N) is 3. The van der Waals surface area contributed by atoms with Crippen LogP contribution in [-0.4, -0.2) is 83.1 Å². The highest BCUT2D eigenvalue weighted by Gasteiger charge is 2.28. The van der Waals surface area contributed by atoms with Crippen LogP contribution in [0.2, 0.25) is 0 Å². The number of sulfonamides is 1. The van der Waals surface area contributed by atoms with Crippen molar-refractivity contribution in [3.8, 4) is 5.75 Å². The molecule has 0 atom stereocenters. The van der Waals surface area contributed by atoms with Crippen LogP contribution in [0.25, 0.3) is 0 Å². The average molecular weight is 466 g/mol. The minimum Gasteiger partial charge on any atom is -0.497 e. The van der Waals surface area contributed by atoms with E-state index in [0.717, 1.165) is 29.4 Å². The number of benzene rings is 1. The summed E-state index contributed by atoms with van der Waals surface area (Å²) in [6.45, 7) is 4.34. The molecule has 0 radical (unpaired) electrons. The molecule has 0 unspecified atom stereocenters. The van der Waals surface area contributed by atoms with E-state index in [-0.39, 0.29) is 12.3 Å². The second-order valence-electron chi connectivity index (χ2n) is 7.48. The summed E-state index contributed by atoms with van der Waals surface area (Å²) in [7, 11) is -1.86. The van der Waals surface area contributed by atoms with Crippen molar-refractivity contribution < 1.29 is 22.7 Å². The van der Waals surface area contributed by atoms with Gasteiger partial charge in [-0.25, -0.2) is 8.42 Å². The zero-order valence-electron chi connectivity index (χ0n) is 17.5. The third-order valence-electron chi connectivity index (χ3n) is 5.58. The summed E-state index contributed by atoms with van der Waals surface area (Å²) in [5, 5.41) is 0. The molecule has 0 N–H and O–H groups in total. The Bertz CT molecular complexity index is 1010. The van der Waals surface area contributed by atoms with Crippen molar-refractivity contribution in [1.82, 2.24) is 9.21 Å². The van der Waals surface area contributed by atoms with Gasteiger partial charge in [0.2, 0.25) is 5.91 Å². The van der Waals surface area contributed by atoms with E-state index in [9.17, 15) is 13.2 Å². The first-order valence-electron chi connectivity index (χ1n) is 10.3. The number of carbonyl (C=O) groups is 1. The van der Waals surface area contributed by atoms with Gasteiger partial charge in [0.1, 0.15) is 9.96 Å². The molecule has 1 aromatic carbocycles. The van der Waals surface area contributed by atoms with E-state index in [1.165, 1.54) is 15.6 Å². The fraction of sp³-hybridized carbons (Fsp3) is 0.476. The zero-order chi connectivity index (χ0) is 21.8. The van der Waals surface area contributed by atoms with Crippen LogP contribution < -0.4 is 9.64 Å². The van der Waals surface area contributed by atoms with Crippen LogP contribution in [0.1, 0.15) is 4.88 Å². The highest BCUT2D eigenvalue weighted by Crippen LogP contribution is 2.27. The molecule has 0 aliphatic carbocycles. The second kappa shape index (κ2) is 9.56. The summed E-state index contributed by atoms with van der Waals surface area (Å²) in [6.07, 6.45) is 0.225. The minimum absolute atomic E-state index is 0.0301. The number of hydrogen-bond acceptors (Lipinski definition) is 7. The van der Waals surface area contributed by atoms with E-state index < -0.39 is 10.0 Å². The fourth-order valence-corrected chi connectivity index (χ4v) is 6.70. The Morgan fingerprint density at radius 1 is 1.06 bits per heavy atom. The Balaban J connectivity index is 1.33. The molecule has 0 spiro atoms. The molecule has 2 saturated heterocycles. The molecular formula is C21H27N3O5S2. The molecule has 168 valence electrons. The molecule has 0 bridgehead atoms. The van der Waals surface area contributed by atoms with Gasteiger partial charge in [0.05, 0.1) is 26.7 Å². The molecule has 2 aromatic rings. The predicted octanol–water partition coefficient (Wildman–Crippen LogP) is 1.67. The van der Waals surface area contributed by atoms with Crippen molar-refractivity contribution in [2.45, 2.75) is 10.6 Å². The van der Waals surface area contributed by atoms with Gasteiger partial charge in [-0.15, -0.1) is 11.3 Å². The maximum absolute atomic E-state index is 12.8. The normalized spacial score (nSPS) is 18.2. The summed E-state index contributed by atoms with van der Waals surface area (Å²) in [5.41, 5.74) is 1.09. The Kier molecular flexibility index (Phi) is 6.80. The number of thiophene rings is 1. The highest BCUT2D eigenvalue weighted by atomic mass is 32.2. The first-order chi connectivity index (χ1) is 15.0. The van der Waals surface area contributed by atoms with Crippen LogP contribution in [0, 0.1) is 0 Å². The van der Waals surface area contributed by atoms with Gasteiger partial charge in [0, 0.05) is 55.9 Å². The first-order valence-corrected chi connectivity index (χ1v) is 12.6. The third-order valence-corrected chi connectivity index (χ3v) is 9.03. The van der Waals surface area contributed by atoms with Gasteiger partial charge in [-0.2, -0.15) is 4.31 Å².